The monoisotopic (exact) mass is 613 g/mol. The van der Waals surface area contributed by atoms with Crippen molar-refractivity contribution in [2.24, 2.45) is 0 Å². The van der Waals surface area contributed by atoms with Crippen molar-refractivity contribution in [3.8, 4) is 23.1 Å². The van der Waals surface area contributed by atoms with E-state index in [0.717, 1.165) is 25.1 Å². The fourth-order valence-electron chi connectivity index (χ4n) is 4.43. The van der Waals surface area contributed by atoms with Gasteiger partial charge in [-0.2, -0.15) is 9.97 Å². The van der Waals surface area contributed by atoms with E-state index in [4.69, 9.17) is 14.2 Å². The maximum Gasteiger partial charge on any atom is 0.306 e. The number of sulfonamides is 1. The number of carboxylic acid groups (broad SMARTS) is 1. The lowest BCUT2D eigenvalue weighted by molar-refractivity contribution is -0.137. The van der Waals surface area contributed by atoms with Crippen LogP contribution < -0.4 is 23.8 Å². The number of hydrogen-bond donors (Lipinski definition) is 2. The molecule has 1 aliphatic heterocycles. The fraction of sp³-hybridized carbons (Fsp3) is 0.433. The molecule has 1 saturated heterocycles. The fourth-order valence-corrected chi connectivity index (χ4v) is 5.44. The number of ether oxygens (including phenoxy) is 3. The molecule has 0 aliphatic carbocycles. The molecule has 0 amide bonds. The van der Waals surface area contributed by atoms with Crippen LogP contribution in [0.25, 0.3) is 0 Å². The van der Waals surface area contributed by atoms with E-state index in [2.05, 4.69) is 19.6 Å². The summed E-state index contributed by atoms with van der Waals surface area (Å²) >= 11 is 0. The van der Waals surface area contributed by atoms with Crippen molar-refractivity contribution >= 4 is 27.8 Å². The van der Waals surface area contributed by atoms with Crippen LogP contribution in [0.15, 0.2) is 53.4 Å². The number of hydrogen-bond acceptors (Lipinski definition) is 10. The Morgan fingerprint density at radius 3 is 2.35 bits per heavy atom. The molecule has 0 radical (unpaired) electrons. The number of nitrogens with zero attached hydrogens (tertiary/aromatic N) is 4. The first kappa shape index (κ1) is 31.8. The predicted molar refractivity (Wildman–Crippen MR) is 163 cm³/mol. The molecule has 2 N–H and O–H groups in total. The van der Waals surface area contributed by atoms with Crippen molar-refractivity contribution in [3.63, 3.8) is 0 Å². The van der Waals surface area contributed by atoms with Gasteiger partial charge >= 0.3 is 5.97 Å². The highest BCUT2D eigenvalue weighted by Gasteiger charge is 2.27. The van der Waals surface area contributed by atoms with Gasteiger partial charge in [-0.25, -0.2) is 8.42 Å². The van der Waals surface area contributed by atoms with Crippen LogP contribution in [0.4, 0.5) is 11.8 Å². The number of para-hydroxylation sites is 2. The number of benzene rings is 2. The second-order valence-electron chi connectivity index (χ2n) is 11.3. The highest BCUT2D eigenvalue weighted by molar-refractivity contribution is 7.92. The number of aromatic nitrogens is 2. The van der Waals surface area contributed by atoms with Crippen molar-refractivity contribution in [1.29, 1.82) is 0 Å². The molecule has 4 rings (SSSR count). The molecule has 0 spiro atoms. The number of methoxy groups -OCH3 is 1. The third-order valence-corrected chi connectivity index (χ3v) is 8.28. The molecule has 1 fully saturated rings. The van der Waals surface area contributed by atoms with Crippen LogP contribution in [0.1, 0.15) is 39.2 Å². The lowest BCUT2D eigenvalue weighted by Crippen LogP contribution is -2.30. The van der Waals surface area contributed by atoms with Crippen molar-refractivity contribution in [3.05, 3.63) is 54.1 Å². The summed E-state index contributed by atoms with van der Waals surface area (Å²) in [6, 6.07) is 13.5. The smallest absolute Gasteiger partial charge is 0.306 e. The molecule has 1 aliphatic rings. The Labute approximate surface area is 252 Å². The van der Waals surface area contributed by atoms with Gasteiger partial charge in [0.1, 0.15) is 6.61 Å². The van der Waals surface area contributed by atoms with Crippen LogP contribution in [0, 0.1) is 0 Å². The Kier molecular flexibility index (Phi) is 9.97. The molecule has 232 valence electrons. The summed E-state index contributed by atoms with van der Waals surface area (Å²) < 4.78 is 47.4. The Morgan fingerprint density at radius 2 is 1.70 bits per heavy atom. The molecule has 0 unspecified atom stereocenters. The lowest BCUT2D eigenvalue weighted by Gasteiger charge is -2.24. The zero-order chi connectivity index (χ0) is 31.2. The highest BCUT2D eigenvalue weighted by atomic mass is 32.2. The van der Waals surface area contributed by atoms with E-state index in [1.54, 1.807) is 48.5 Å². The molecule has 0 bridgehead atoms. The van der Waals surface area contributed by atoms with E-state index < -0.39 is 16.0 Å². The van der Waals surface area contributed by atoms with E-state index >= 15 is 0 Å². The maximum absolute atomic E-state index is 13.7. The molecule has 0 saturated carbocycles. The minimum absolute atomic E-state index is 0.0358. The maximum atomic E-state index is 13.7. The van der Waals surface area contributed by atoms with E-state index in [9.17, 15) is 18.3 Å². The Hall–Kier alpha value is -4.10. The average molecular weight is 614 g/mol. The lowest BCUT2D eigenvalue weighted by atomic mass is 9.87. The molecular formula is C30H39N5O7S. The largest absolute Gasteiger partial charge is 0.493 e. The van der Waals surface area contributed by atoms with E-state index in [-0.39, 0.29) is 52.5 Å². The van der Waals surface area contributed by atoms with Gasteiger partial charge in [-0.05, 0) is 55.3 Å². The van der Waals surface area contributed by atoms with Crippen LogP contribution in [0.3, 0.4) is 0 Å². The van der Waals surface area contributed by atoms with Gasteiger partial charge in [0.05, 0.1) is 18.4 Å². The van der Waals surface area contributed by atoms with Crippen LogP contribution in [0.2, 0.25) is 0 Å². The number of nitrogens with one attached hydrogen (secondary N) is 1. The minimum Gasteiger partial charge on any atom is -0.493 e. The first-order valence-corrected chi connectivity index (χ1v) is 15.5. The zero-order valence-corrected chi connectivity index (χ0v) is 26.0. The number of carboxylic acids is 1. The van der Waals surface area contributed by atoms with Gasteiger partial charge in [0.2, 0.25) is 11.7 Å². The highest BCUT2D eigenvalue weighted by Crippen LogP contribution is 2.41. The van der Waals surface area contributed by atoms with E-state index in [0.29, 0.717) is 18.8 Å². The molecule has 13 heteroatoms. The summed E-state index contributed by atoms with van der Waals surface area (Å²) in [5.74, 6) is -0.568. The first-order valence-electron chi connectivity index (χ1n) is 14.0. The quantitative estimate of drug-likeness (QED) is 0.318. The third kappa shape index (κ3) is 8.26. The molecule has 43 heavy (non-hydrogen) atoms. The topological polar surface area (TPSA) is 143 Å². The molecule has 2 heterocycles. The molecule has 2 aromatic carbocycles. The van der Waals surface area contributed by atoms with Gasteiger partial charge in [0.15, 0.2) is 17.3 Å². The number of rotatable bonds is 11. The number of anilines is 2. The second kappa shape index (κ2) is 13.5. The summed E-state index contributed by atoms with van der Waals surface area (Å²) in [4.78, 5) is 24.7. The van der Waals surface area contributed by atoms with Gasteiger partial charge < -0.3 is 29.1 Å². The normalized spacial score (nSPS) is 14.6. The number of aliphatic carboxylic acids is 1. The van der Waals surface area contributed by atoms with Crippen LogP contribution in [-0.4, -0.2) is 81.3 Å². The first-order chi connectivity index (χ1) is 20.4. The van der Waals surface area contributed by atoms with Crippen LogP contribution in [0.5, 0.6) is 23.1 Å². The van der Waals surface area contributed by atoms with Gasteiger partial charge in [0, 0.05) is 19.6 Å². The summed E-state index contributed by atoms with van der Waals surface area (Å²) in [5, 5.41) is 9.22. The zero-order valence-electron chi connectivity index (χ0n) is 25.2. The Balaban J connectivity index is 1.83. The molecular weight excluding hydrogens is 574 g/mol. The Bertz CT molecular complexity index is 1520. The van der Waals surface area contributed by atoms with E-state index in [1.807, 2.05) is 32.7 Å². The SMILES string of the molecule is COc1ccccc1Oc1c(NS(=O)(=O)c2ccc(C(C)(C)C)cc2)nc(N2CCCN(C)CC2)nc1OCCC(=O)O. The summed E-state index contributed by atoms with van der Waals surface area (Å²) in [6.07, 6.45) is 0.541. The van der Waals surface area contributed by atoms with Crippen molar-refractivity contribution in [1.82, 2.24) is 14.9 Å². The minimum atomic E-state index is -4.15. The summed E-state index contributed by atoms with van der Waals surface area (Å²) in [6.45, 7) is 8.78. The van der Waals surface area contributed by atoms with Gasteiger partial charge in [-0.1, -0.05) is 45.0 Å². The van der Waals surface area contributed by atoms with Crippen molar-refractivity contribution in [2.45, 2.75) is 43.9 Å². The third-order valence-electron chi connectivity index (χ3n) is 6.92. The van der Waals surface area contributed by atoms with Crippen molar-refractivity contribution in [2.75, 3.05) is 56.6 Å². The van der Waals surface area contributed by atoms with Gasteiger partial charge in [-0.15, -0.1) is 0 Å². The summed E-state index contributed by atoms with van der Waals surface area (Å²) in [7, 11) is -0.641. The summed E-state index contributed by atoms with van der Waals surface area (Å²) in [5.41, 5.74) is 0.826. The predicted octanol–water partition coefficient (Wildman–Crippen LogP) is 4.37. The van der Waals surface area contributed by atoms with Crippen LogP contribution >= 0.6 is 0 Å². The van der Waals surface area contributed by atoms with E-state index in [1.165, 1.54) is 7.11 Å². The Morgan fingerprint density at radius 1 is 1.00 bits per heavy atom. The van der Waals surface area contributed by atoms with Crippen LogP contribution in [-0.2, 0) is 20.2 Å². The number of likely N-dealkylation sites (N-methyl/N-ethyl adjacent to an activating group) is 1. The van der Waals surface area contributed by atoms with Gasteiger partial charge in [0.25, 0.3) is 15.9 Å². The van der Waals surface area contributed by atoms with Crippen molar-refractivity contribution < 1.29 is 32.5 Å². The standard InChI is InChI=1S/C30H39N5O7S/c1-30(2,3)21-11-13-22(14-12-21)43(38,39)33-27-26(42-24-10-7-6-9-23(24)40-5)28(41-20-15-25(36)37)32-29(31-27)35-17-8-16-34(4)18-19-35/h6-7,9-14H,8,15-20H2,1-5H3,(H,36,37)(H,31,32,33). The molecule has 3 aromatic rings. The van der Waals surface area contributed by atoms with Gasteiger partial charge in [-0.3, -0.25) is 9.52 Å². The molecule has 0 atom stereocenters. The average Bonchev–Trinajstić information content (AvgIpc) is 3.18. The second-order valence-corrected chi connectivity index (χ2v) is 13.0. The molecule has 12 nitrogen and oxygen atoms in total. The molecule has 1 aromatic heterocycles. The number of carbonyl (C=O) groups is 1.